The molecule has 3 aliphatic heterocycles. The lowest BCUT2D eigenvalue weighted by Gasteiger charge is -2.66. The van der Waals surface area contributed by atoms with Crippen molar-refractivity contribution in [2.45, 2.75) is 139 Å². The molecule has 2 saturated heterocycles. The van der Waals surface area contributed by atoms with Gasteiger partial charge in [0.15, 0.2) is 6.29 Å². The van der Waals surface area contributed by atoms with Crippen molar-refractivity contribution in [1.82, 2.24) is 4.90 Å². The molecule has 0 spiro atoms. The fourth-order valence-corrected chi connectivity index (χ4v) is 11.4. The fraction of sp³-hybridized carbons (Fsp3) is 0.889. The number of cyclic esters (lactones) is 1. The van der Waals surface area contributed by atoms with E-state index in [1.54, 1.807) is 13.0 Å². The third kappa shape index (κ3) is 5.42. The van der Waals surface area contributed by atoms with Gasteiger partial charge in [-0.2, -0.15) is 0 Å². The number of likely N-dealkylation sites (tertiary alicyclic amines) is 1. The molecule has 0 amide bonds. The van der Waals surface area contributed by atoms with Crippen molar-refractivity contribution >= 4 is 12.2 Å². The van der Waals surface area contributed by atoms with Gasteiger partial charge >= 0.3 is 5.97 Å². The lowest BCUT2D eigenvalue weighted by Crippen LogP contribution is -2.69. The van der Waals surface area contributed by atoms with Crippen molar-refractivity contribution in [1.29, 1.82) is 0 Å². The van der Waals surface area contributed by atoms with Gasteiger partial charge in [-0.05, 0) is 108 Å². The van der Waals surface area contributed by atoms with E-state index in [0.29, 0.717) is 38.8 Å². The highest BCUT2D eigenvalue weighted by molar-refractivity contribution is 5.85. The molecule has 0 unspecified atom stereocenters. The van der Waals surface area contributed by atoms with Gasteiger partial charge in [-0.1, -0.05) is 13.3 Å². The Balaban J connectivity index is 1.14. The Morgan fingerprint density at radius 2 is 1.83 bits per heavy atom. The summed E-state index contributed by atoms with van der Waals surface area (Å²) in [4.78, 5) is 19.6. The van der Waals surface area contributed by atoms with Crippen molar-refractivity contribution in [3.8, 4) is 0 Å². The molecule has 7 rings (SSSR count). The summed E-state index contributed by atoms with van der Waals surface area (Å²) in [6.07, 6.45) is 11.0. The Bertz CT molecular complexity index is 1190. The molecule has 6 fully saturated rings. The first-order valence-corrected chi connectivity index (χ1v) is 18.2. The van der Waals surface area contributed by atoms with E-state index in [9.17, 15) is 25.2 Å². The van der Waals surface area contributed by atoms with Crippen LogP contribution in [-0.4, -0.2) is 112 Å². The van der Waals surface area contributed by atoms with Gasteiger partial charge in [0.2, 0.25) is 0 Å². The van der Waals surface area contributed by atoms with Gasteiger partial charge < -0.3 is 39.5 Å². The summed E-state index contributed by atoms with van der Waals surface area (Å²) in [6.45, 7) is 8.19. The zero-order valence-electron chi connectivity index (χ0n) is 27.8. The van der Waals surface area contributed by atoms with Crippen molar-refractivity contribution < 1.29 is 39.4 Å². The maximum absolute atomic E-state index is 12.8. The summed E-state index contributed by atoms with van der Waals surface area (Å²) >= 11 is 0. The Kier molecular flexibility index (Phi) is 8.99. The highest BCUT2D eigenvalue weighted by atomic mass is 16.7. The summed E-state index contributed by atoms with van der Waals surface area (Å²) in [7, 11) is 0. The lowest BCUT2D eigenvalue weighted by molar-refractivity contribution is -0.282. The number of nitrogens with zero attached hydrogens (tertiary/aromatic N) is 2. The maximum atomic E-state index is 12.8. The van der Waals surface area contributed by atoms with E-state index >= 15 is 0 Å². The highest BCUT2D eigenvalue weighted by Crippen LogP contribution is 2.70. The molecule has 4 N–H and O–H groups in total. The molecular formula is C36H56N2O8. The normalized spacial score (nSPS) is 49.7. The number of rotatable bonds is 7. The first kappa shape index (κ1) is 33.1. The van der Waals surface area contributed by atoms with Crippen molar-refractivity contribution in [3.63, 3.8) is 0 Å². The van der Waals surface area contributed by atoms with Crippen LogP contribution in [0.3, 0.4) is 0 Å². The minimum Gasteiger partial charge on any atom is -0.458 e. The van der Waals surface area contributed by atoms with E-state index in [0.717, 1.165) is 57.3 Å². The largest absolute Gasteiger partial charge is 0.458 e. The fourth-order valence-electron chi connectivity index (χ4n) is 11.4. The Hall–Kier alpha value is -1.40. The highest BCUT2D eigenvalue weighted by Gasteiger charge is 2.71. The number of aliphatic hydroxyl groups is 4. The van der Waals surface area contributed by atoms with Crippen LogP contribution >= 0.6 is 0 Å². The third-order valence-corrected chi connectivity index (χ3v) is 14.0. The minimum atomic E-state index is -1.04. The van der Waals surface area contributed by atoms with Crippen LogP contribution in [0.25, 0.3) is 0 Å². The quantitative estimate of drug-likeness (QED) is 0.187. The van der Waals surface area contributed by atoms with E-state index in [1.165, 1.54) is 19.3 Å². The molecule has 4 saturated carbocycles. The second-order valence-electron chi connectivity index (χ2n) is 16.1. The predicted molar refractivity (Wildman–Crippen MR) is 171 cm³/mol. The molecule has 0 aromatic heterocycles. The second kappa shape index (κ2) is 12.5. The van der Waals surface area contributed by atoms with Gasteiger partial charge in [0.25, 0.3) is 0 Å². The van der Waals surface area contributed by atoms with Crippen LogP contribution in [0, 0.1) is 28.6 Å². The number of carbonyl (C=O) groups is 1. The van der Waals surface area contributed by atoms with Crippen molar-refractivity contribution in [2.24, 2.45) is 33.6 Å². The molecule has 258 valence electrons. The van der Waals surface area contributed by atoms with Gasteiger partial charge in [-0.15, -0.1) is 0 Å². The predicted octanol–water partition coefficient (Wildman–Crippen LogP) is 3.14. The number of aliphatic hydroxyl groups excluding tert-OH is 2. The van der Waals surface area contributed by atoms with Gasteiger partial charge in [-0.3, -0.25) is 4.99 Å². The minimum absolute atomic E-state index is 0.0281. The number of hydrogen-bond acceptors (Lipinski definition) is 10. The molecule has 7 aliphatic rings. The van der Waals surface area contributed by atoms with E-state index in [1.807, 2.05) is 0 Å². The molecule has 0 bridgehead atoms. The summed E-state index contributed by atoms with van der Waals surface area (Å²) < 4.78 is 17.6. The van der Waals surface area contributed by atoms with Crippen LogP contribution in [-0.2, 0) is 19.0 Å². The molecule has 0 aromatic carbocycles. The average Bonchev–Trinajstić information content (AvgIpc) is 3.58. The van der Waals surface area contributed by atoms with Crippen LogP contribution in [0.15, 0.2) is 16.6 Å². The Labute approximate surface area is 273 Å². The van der Waals surface area contributed by atoms with Crippen LogP contribution < -0.4 is 0 Å². The average molecular weight is 645 g/mol. The van der Waals surface area contributed by atoms with E-state index in [2.05, 4.69) is 18.0 Å². The SMILES string of the molecule is C[C@H]1O[C@@H](O[C@H]2CC[C@]3(C=NCCN4CCCCC4)[C@H]4CC[C@]5(C)[C@@H](C6=CC(=O)OC6)CC[C@]5(O)[C@@H]4CC[C@]3(O)C2)C[C@@H](O)[C@H]1O. The molecule has 0 radical (unpaired) electrons. The number of piperidine rings is 1. The molecule has 10 nitrogen and oxygen atoms in total. The van der Waals surface area contributed by atoms with Gasteiger partial charge in [0, 0.05) is 42.5 Å². The molecular weight excluding hydrogens is 588 g/mol. The zero-order chi connectivity index (χ0) is 32.3. The zero-order valence-corrected chi connectivity index (χ0v) is 27.8. The Morgan fingerprint density at radius 3 is 2.57 bits per heavy atom. The number of carbonyl (C=O) groups excluding carboxylic acids is 1. The van der Waals surface area contributed by atoms with Crippen LogP contribution in [0.1, 0.15) is 97.3 Å². The standard InChI is InChI=1S/C36H56N2O8/c1-23-32(41)29(39)19-31(45-23)46-25-6-11-34(22-37-14-17-38-15-4-3-5-16-38)27-7-10-33(2)26(24-18-30(40)44-21-24)9-13-36(33,43)28(27)8-12-35(34,42)20-25/h18,22-23,25-29,31-32,39,41-43H,3-17,19-21H2,1-2H3/t23-,25+,26-,27+,28-,29-,31+,32+,33-,34+,35+,36+/m1/s1. The number of ether oxygens (including phenoxy) is 3. The Morgan fingerprint density at radius 1 is 1.04 bits per heavy atom. The smallest absolute Gasteiger partial charge is 0.331 e. The number of esters is 1. The van der Waals surface area contributed by atoms with Gasteiger partial charge in [-0.25, -0.2) is 4.79 Å². The van der Waals surface area contributed by atoms with Gasteiger partial charge in [0.05, 0.1) is 36.1 Å². The number of fused-ring (bicyclic) bond motifs is 5. The topological polar surface area (TPSA) is 141 Å². The molecule has 10 heteroatoms. The van der Waals surface area contributed by atoms with E-state index in [-0.39, 0.29) is 41.7 Å². The maximum Gasteiger partial charge on any atom is 0.331 e. The third-order valence-electron chi connectivity index (χ3n) is 14.0. The molecule has 3 heterocycles. The monoisotopic (exact) mass is 644 g/mol. The summed E-state index contributed by atoms with van der Waals surface area (Å²) in [6, 6.07) is 0. The molecule has 12 atom stereocenters. The first-order valence-electron chi connectivity index (χ1n) is 18.2. The van der Waals surface area contributed by atoms with Crippen LogP contribution in [0.5, 0.6) is 0 Å². The summed E-state index contributed by atoms with van der Waals surface area (Å²) in [5, 5.41) is 46.0. The van der Waals surface area contributed by atoms with E-state index < -0.39 is 41.2 Å². The first-order chi connectivity index (χ1) is 22.0. The molecule has 4 aliphatic carbocycles. The lowest BCUT2D eigenvalue weighted by atomic mass is 9.41. The molecule has 0 aromatic rings. The van der Waals surface area contributed by atoms with Crippen molar-refractivity contribution in [3.05, 3.63) is 11.6 Å². The second-order valence-corrected chi connectivity index (χ2v) is 16.1. The number of aliphatic imine (C=N–C) groups is 1. The van der Waals surface area contributed by atoms with Crippen molar-refractivity contribution in [2.75, 3.05) is 32.8 Å². The number of hydrogen-bond donors (Lipinski definition) is 4. The van der Waals surface area contributed by atoms with Crippen LogP contribution in [0.2, 0.25) is 0 Å². The summed E-state index contributed by atoms with van der Waals surface area (Å²) in [5.41, 5.74) is -1.83. The summed E-state index contributed by atoms with van der Waals surface area (Å²) in [5.74, 6) is -0.0415. The van der Waals surface area contributed by atoms with E-state index in [4.69, 9.17) is 19.2 Å². The van der Waals surface area contributed by atoms with Crippen LogP contribution in [0.4, 0.5) is 0 Å². The molecule has 46 heavy (non-hydrogen) atoms. The van der Waals surface area contributed by atoms with Gasteiger partial charge in [0.1, 0.15) is 12.7 Å².